The molecule has 3 aliphatic rings. The van der Waals surface area contributed by atoms with E-state index < -0.39 is 0 Å². The second kappa shape index (κ2) is 6.73. The molecular formula is C19H28N4O2. The summed E-state index contributed by atoms with van der Waals surface area (Å²) in [6.07, 6.45) is 9.87. The van der Waals surface area contributed by atoms with Crippen molar-refractivity contribution in [2.75, 3.05) is 32.7 Å². The van der Waals surface area contributed by atoms with Crippen LogP contribution in [0.5, 0.6) is 0 Å². The van der Waals surface area contributed by atoms with Gasteiger partial charge in [0.25, 0.3) is 5.91 Å². The number of urea groups is 1. The molecule has 1 spiro atoms. The molecule has 1 saturated heterocycles. The van der Waals surface area contributed by atoms with E-state index in [1.165, 1.54) is 38.5 Å². The summed E-state index contributed by atoms with van der Waals surface area (Å²) in [5, 5.41) is 3.13. The van der Waals surface area contributed by atoms with Crippen molar-refractivity contribution in [1.82, 2.24) is 20.1 Å². The molecule has 0 unspecified atom stereocenters. The quantitative estimate of drug-likeness (QED) is 0.884. The van der Waals surface area contributed by atoms with Crippen LogP contribution in [0.1, 0.15) is 49.0 Å². The summed E-state index contributed by atoms with van der Waals surface area (Å²) < 4.78 is 0. The van der Waals surface area contributed by atoms with Crippen LogP contribution in [0.25, 0.3) is 0 Å². The predicted octanol–water partition coefficient (Wildman–Crippen LogP) is 2.45. The van der Waals surface area contributed by atoms with Gasteiger partial charge in [0.15, 0.2) is 0 Å². The third-order valence-electron chi connectivity index (χ3n) is 6.39. The smallest absolute Gasteiger partial charge is 0.317 e. The van der Waals surface area contributed by atoms with E-state index >= 15 is 0 Å². The molecule has 25 heavy (non-hydrogen) atoms. The lowest BCUT2D eigenvalue weighted by Crippen LogP contribution is -2.53. The minimum absolute atomic E-state index is 0.0160. The van der Waals surface area contributed by atoms with Crippen molar-refractivity contribution in [3.8, 4) is 0 Å². The Bertz CT molecular complexity index is 613. The second-order valence-corrected chi connectivity index (χ2v) is 7.87. The number of aromatic amines is 1. The third kappa shape index (κ3) is 3.39. The Morgan fingerprint density at radius 3 is 2.52 bits per heavy atom. The Hall–Kier alpha value is -1.98. The first kappa shape index (κ1) is 16.5. The molecule has 0 aromatic carbocycles. The van der Waals surface area contributed by atoms with Gasteiger partial charge in [0.1, 0.15) is 5.69 Å². The molecule has 2 saturated carbocycles. The van der Waals surface area contributed by atoms with Crippen LogP contribution in [0, 0.1) is 11.3 Å². The largest absolute Gasteiger partial charge is 0.357 e. The maximum Gasteiger partial charge on any atom is 0.317 e. The molecule has 1 atom stereocenters. The number of H-pyrrole nitrogens is 1. The van der Waals surface area contributed by atoms with E-state index in [4.69, 9.17) is 0 Å². The Kier molecular flexibility index (Phi) is 4.44. The van der Waals surface area contributed by atoms with Gasteiger partial charge in [0.2, 0.25) is 0 Å². The fraction of sp³-hybridized carbons (Fsp3) is 0.684. The maximum absolute atomic E-state index is 12.4. The number of piperazine rings is 1. The molecule has 6 nitrogen and oxygen atoms in total. The number of carbonyl (C=O) groups is 2. The summed E-state index contributed by atoms with van der Waals surface area (Å²) in [5.74, 6) is 0.703. The van der Waals surface area contributed by atoms with E-state index in [0.717, 1.165) is 6.54 Å². The van der Waals surface area contributed by atoms with E-state index in [1.807, 2.05) is 15.9 Å². The highest BCUT2D eigenvalue weighted by Gasteiger charge is 2.53. The highest BCUT2D eigenvalue weighted by atomic mass is 16.2. The molecule has 136 valence electrons. The average Bonchev–Trinajstić information content (AvgIpc) is 3.07. The fourth-order valence-electron chi connectivity index (χ4n) is 4.66. The van der Waals surface area contributed by atoms with E-state index in [2.05, 4.69) is 10.3 Å². The minimum Gasteiger partial charge on any atom is -0.357 e. The number of nitrogens with zero attached hydrogens (tertiary/aromatic N) is 2. The minimum atomic E-state index is 0.0160. The number of hydrogen-bond donors (Lipinski definition) is 2. The van der Waals surface area contributed by atoms with Gasteiger partial charge in [-0.3, -0.25) is 4.79 Å². The second-order valence-electron chi connectivity index (χ2n) is 7.87. The van der Waals surface area contributed by atoms with Crippen LogP contribution in [0.15, 0.2) is 18.3 Å². The molecule has 3 fully saturated rings. The van der Waals surface area contributed by atoms with Crippen molar-refractivity contribution < 1.29 is 9.59 Å². The van der Waals surface area contributed by atoms with E-state index in [0.29, 0.717) is 43.2 Å². The van der Waals surface area contributed by atoms with Gasteiger partial charge in [0, 0.05) is 38.9 Å². The average molecular weight is 344 g/mol. The molecule has 2 heterocycles. The summed E-state index contributed by atoms with van der Waals surface area (Å²) in [5.41, 5.74) is 1.18. The molecule has 0 bridgehead atoms. The van der Waals surface area contributed by atoms with E-state index in [9.17, 15) is 9.59 Å². The number of amides is 3. The first-order valence-corrected chi connectivity index (χ1v) is 9.63. The van der Waals surface area contributed by atoms with Gasteiger partial charge in [-0.2, -0.15) is 0 Å². The fourth-order valence-corrected chi connectivity index (χ4v) is 4.66. The summed E-state index contributed by atoms with van der Waals surface area (Å²) in [7, 11) is 0. The third-order valence-corrected chi connectivity index (χ3v) is 6.39. The van der Waals surface area contributed by atoms with Crippen molar-refractivity contribution in [2.45, 2.75) is 38.5 Å². The lowest BCUT2D eigenvalue weighted by Gasteiger charge is -2.34. The van der Waals surface area contributed by atoms with Crippen molar-refractivity contribution in [1.29, 1.82) is 0 Å². The number of rotatable bonds is 3. The Balaban J connectivity index is 1.20. The van der Waals surface area contributed by atoms with Crippen LogP contribution in [0.2, 0.25) is 0 Å². The Morgan fingerprint density at radius 2 is 1.84 bits per heavy atom. The van der Waals surface area contributed by atoms with Crippen molar-refractivity contribution in [3.05, 3.63) is 24.0 Å². The number of aromatic nitrogens is 1. The van der Waals surface area contributed by atoms with E-state index in [-0.39, 0.29) is 11.9 Å². The first-order chi connectivity index (χ1) is 12.2. The van der Waals surface area contributed by atoms with Gasteiger partial charge in [-0.05, 0) is 42.7 Å². The highest BCUT2D eigenvalue weighted by molar-refractivity contribution is 5.92. The standard InChI is InChI=1S/C19H28N4O2/c24-17(16-5-4-8-20-16)22-9-11-23(12-10-22)18(25)21-14-15-13-19(15)6-2-1-3-7-19/h4-5,8,15,20H,1-3,6-7,9-14H2,(H,21,25)/t15-/m1/s1. The van der Waals surface area contributed by atoms with Crippen molar-refractivity contribution in [3.63, 3.8) is 0 Å². The zero-order chi connectivity index (χ0) is 17.3. The highest BCUT2D eigenvalue weighted by Crippen LogP contribution is 2.60. The Morgan fingerprint density at radius 1 is 1.12 bits per heavy atom. The zero-order valence-electron chi connectivity index (χ0n) is 14.8. The lowest BCUT2D eigenvalue weighted by molar-refractivity contribution is 0.0659. The van der Waals surface area contributed by atoms with Crippen LogP contribution in [0.4, 0.5) is 4.79 Å². The zero-order valence-corrected chi connectivity index (χ0v) is 14.8. The SMILES string of the molecule is O=C(NC[C@H]1CC12CCCCC2)N1CCN(C(=O)c2ccc[nH]2)CC1. The monoisotopic (exact) mass is 344 g/mol. The van der Waals surface area contributed by atoms with Gasteiger partial charge in [-0.25, -0.2) is 4.79 Å². The molecule has 0 radical (unpaired) electrons. The molecule has 6 heteroatoms. The molecule has 1 aromatic heterocycles. The van der Waals surface area contributed by atoms with Gasteiger partial charge < -0.3 is 20.1 Å². The molecule has 1 aromatic rings. The molecule has 2 aliphatic carbocycles. The molecule has 4 rings (SSSR count). The Labute approximate surface area is 148 Å². The van der Waals surface area contributed by atoms with Gasteiger partial charge >= 0.3 is 6.03 Å². The first-order valence-electron chi connectivity index (χ1n) is 9.63. The number of hydrogen-bond acceptors (Lipinski definition) is 2. The molecule has 3 amide bonds. The van der Waals surface area contributed by atoms with Gasteiger partial charge in [-0.15, -0.1) is 0 Å². The predicted molar refractivity (Wildman–Crippen MR) is 95.3 cm³/mol. The van der Waals surface area contributed by atoms with Crippen LogP contribution in [-0.2, 0) is 0 Å². The number of carbonyl (C=O) groups excluding carboxylic acids is 2. The molecule has 2 N–H and O–H groups in total. The van der Waals surface area contributed by atoms with Crippen LogP contribution >= 0.6 is 0 Å². The molecule has 1 aliphatic heterocycles. The van der Waals surface area contributed by atoms with Crippen LogP contribution in [0.3, 0.4) is 0 Å². The summed E-state index contributed by atoms with van der Waals surface area (Å²) in [6, 6.07) is 3.65. The van der Waals surface area contributed by atoms with Crippen LogP contribution in [-0.4, -0.2) is 59.4 Å². The van der Waals surface area contributed by atoms with Crippen LogP contribution < -0.4 is 5.32 Å². The maximum atomic E-state index is 12.4. The van der Waals surface area contributed by atoms with Crippen molar-refractivity contribution >= 4 is 11.9 Å². The topological polar surface area (TPSA) is 68.4 Å². The van der Waals surface area contributed by atoms with Crippen molar-refractivity contribution in [2.24, 2.45) is 11.3 Å². The van der Waals surface area contributed by atoms with E-state index in [1.54, 1.807) is 12.3 Å². The molecular weight excluding hydrogens is 316 g/mol. The summed E-state index contributed by atoms with van der Waals surface area (Å²) in [4.78, 5) is 31.3. The summed E-state index contributed by atoms with van der Waals surface area (Å²) in [6.45, 7) is 3.22. The normalized spacial score (nSPS) is 25.0. The lowest BCUT2D eigenvalue weighted by atomic mass is 9.84. The van der Waals surface area contributed by atoms with Gasteiger partial charge in [-0.1, -0.05) is 19.3 Å². The van der Waals surface area contributed by atoms with Gasteiger partial charge in [0.05, 0.1) is 0 Å². The summed E-state index contributed by atoms with van der Waals surface area (Å²) >= 11 is 0. The number of nitrogens with one attached hydrogen (secondary N) is 2.